The summed E-state index contributed by atoms with van der Waals surface area (Å²) in [5, 5.41) is 3.05. The molecule has 0 aromatic heterocycles. The van der Waals surface area contributed by atoms with E-state index in [1.54, 1.807) is 4.90 Å². The third kappa shape index (κ3) is 3.11. The van der Waals surface area contributed by atoms with Gasteiger partial charge in [-0.3, -0.25) is 9.59 Å². The summed E-state index contributed by atoms with van der Waals surface area (Å²) in [5.41, 5.74) is 1.60. The Morgan fingerprint density at radius 3 is 2.76 bits per heavy atom. The quantitative estimate of drug-likeness (QED) is 0.898. The van der Waals surface area contributed by atoms with Crippen molar-refractivity contribution in [1.29, 1.82) is 0 Å². The highest BCUT2D eigenvalue weighted by Crippen LogP contribution is 2.35. The molecule has 1 aliphatic carbocycles. The lowest BCUT2D eigenvalue weighted by molar-refractivity contribution is -0.125. The fourth-order valence-electron chi connectivity index (χ4n) is 3.86. The van der Waals surface area contributed by atoms with Gasteiger partial charge in [-0.2, -0.15) is 0 Å². The van der Waals surface area contributed by atoms with Crippen LogP contribution in [0.2, 0.25) is 0 Å². The summed E-state index contributed by atoms with van der Waals surface area (Å²) < 4.78 is 5.77. The highest BCUT2D eigenvalue weighted by Gasteiger charge is 2.50. The number of carbonyl (C=O) groups excluding carboxylic acids is 2. The van der Waals surface area contributed by atoms with Gasteiger partial charge in [0.05, 0.1) is 12.1 Å². The lowest BCUT2D eigenvalue weighted by Crippen LogP contribution is -2.49. The van der Waals surface area contributed by atoms with Gasteiger partial charge < -0.3 is 19.9 Å². The smallest absolute Gasteiger partial charge is 0.254 e. The fraction of sp³-hybridized carbons (Fsp3) is 0.579. The zero-order chi connectivity index (χ0) is 17.6. The number of benzene rings is 1. The molecule has 1 saturated carbocycles. The largest absolute Gasteiger partial charge is 0.378 e. The molecule has 134 valence electrons. The van der Waals surface area contributed by atoms with E-state index in [4.69, 9.17) is 4.74 Å². The lowest BCUT2D eigenvalue weighted by Gasteiger charge is -2.29. The van der Waals surface area contributed by atoms with Crippen molar-refractivity contribution in [2.75, 3.05) is 25.6 Å². The van der Waals surface area contributed by atoms with E-state index < -0.39 is 6.04 Å². The summed E-state index contributed by atoms with van der Waals surface area (Å²) in [6, 6.07) is 7.45. The van der Waals surface area contributed by atoms with E-state index in [0.29, 0.717) is 24.6 Å². The third-order valence-corrected chi connectivity index (χ3v) is 5.39. The number of carbonyl (C=O) groups is 2. The van der Waals surface area contributed by atoms with Gasteiger partial charge in [0, 0.05) is 44.4 Å². The monoisotopic (exact) mass is 343 g/mol. The topological polar surface area (TPSA) is 61.9 Å². The molecule has 2 aliphatic heterocycles. The first-order valence-corrected chi connectivity index (χ1v) is 9.06. The van der Waals surface area contributed by atoms with Gasteiger partial charge in [0.15, 0.2) is 0 Å². The van der Waals surface area contributed by atoms with E-state index in [1.807, 2.05) is 43.3 Å². The number of likely N-dealkylation sites (tertiary alicyclic amines) is 1. The maximum atomic E-state index is 13.3. The molecule has 0 spiro atoms. The van der Waals surface area contributed by atoms with Crippen molar-refractivity contribution in [2.24, 2.45) is 0 Å². The molecule has 1 aromatic carbocycles. The zero-order valence-electron chi connectivity index (χ0n) is 14.8. The molecule has 0 radical (unpaired) electrons. The summed E-state index contributed by atoms with van der Waals surface area (Å²) in [4.78, 5) is 29.7. The number of rotatable bonds is 4. The molecule has 2 saturated heterocycles. The van der Waals surface area contributed by atoms with Crippen molar-refractivity contribution in [2.45, 2.75) is 49.9 Å². The maximum absolute atomic E-state index is 13.3. The maximum Gasteiger partial charge on any atom is 0.254 e. The number of ether oxygens (including phenoxy) is 1. The van der Waals surface area contributed by atoms with Crippen molar-refractivity contribution in [1.82, 2.24) is 10.2 Å². The first-order chi connectivity index (χ1) is 12.0. The Labute approximate surface area is 148 Å². The number of fused-ring (bicyclic) bond motifs is 1. The number of amides is 2. The third-order valence-electron chi connectivity index (χ3n) is 5.39. The van der Waals surface area contributed by atoms with Crippen molar-refractivity contribution in [3.05, 3.63) is 29.8 Å². The van der Waals surface area contributed by atoms with Crippen molar-refractivity contribution >= 4 is 17.5 Å². The second kappa shape index (κ2) is 6.33. The number of hydrogen-bond donors (Lipinski definition) is 1. The molecule has 25 heavy (non-hydrogen) atoms. The Balaban J connectivity index is 1.60. The molecule has 3 aliphatic rings. The number of hydrogen-bond acceptors (Lipinski definition) is 4. The van der Waals surface area contributed by atoms with Gasteiger partial charge in [0.1, 0.15) is 6.04 Å². The van der Waals surface area contributed by atoms with Gasteiger partial charge >= 0.3 is 0 Å². The van der Waals surface area contributed by atoms with Crippen LogP contribution >= 0.6 is 0 Å². The predicted octanol–water partition coefficient (Wildman–Crippen LogP) is 1.40. The normalized spacial score (nSPS) is 27.9. The zero-order valence-corrected chi connectivity index (χ0v) is 14.8. The number of nitrogens with one attached hydrogen (secondary N) is 1. The van der Waals surface area contributed by atoms with Gasteiger partial charge in [-0.15, -0.1) is 0 Å². The molecule has 6 nitrogen and oxygen atoms in total. The van der Waals surface area contributed by atoms with E-state index in [0.717, 1.165) is 24.9 Å². The minimum Gasteiger partial charge on any atom is -0.378 e. The standard InChI is InChI=1S/C19H25N3O3/c1-21(2)14-5-3-4-12(10-14)19(24)22-15-8-9-25-17(15)11-16(22)18(23)20-13-6-7-13/h3-5,10,13,15-17H,6-9,11H2,1-2H3,(H,20,23)/t15-,16-,17-/m0/s1. The van der Waals surface area contributed by atoms with Crippen LogP contribution in [0.3, 0.4) is 0 Å². The minimum absolute atomic E-state index is 0.00506. The summed E-state index contributed by atoms with van der Waals surface area (Å²) >= 11 is 0. The predicted molar refractivity (Wildman–Crippen MR) is 94.7 cm³/mol. The van der Waals surface area contributed by atoms with Crippen LogP contribution in [-0.4, -0.2) is 61.6 Å². The minimum atomic E-state index is -0.425. The average Bonchev–Trinajstić information content (AvgIpc) is 3.17. The van der Waals surface area contributed by atoms with Crippen LogP contribution in [0.5, 0.6) is 0 Å². The molecule has 1 aromatic rings. The highest BCUT2D eigenvalue weighted by atomic mass is 16.5. The number of anilines is 1. The Kier molecular flexibility index (Phi) is 4.15. The summed E-state index contributed by atoms with van der Waals surface area (Å²) in [5.74, 6) is -0.102. The van der Waals surface area contributed by atoms with Gasteiger partial charge in [0.25, 0.3) is 5.91 Å². The molecule has 3 atom stereocenters. The van der Waals surface area contributed by atoms with Crippen molar-refractivity contribution in [3.8, 4) is 0 Å². The van der Waals surface area contributed by atoms with Crippen LogP contribution in [0.25, 0.3) is 0 Å². The van der Waals surface area contributed by atoms with E-state index in [9.17, 15) is 9.59 Å². The van der Waals surface area contributed by atoms with E-state index in [-0.39, 0.29) is 24.0 Å². The molecular weight excluding hydrogens is 318 g/mol. The molecule has 1 N–H and O–H groups in total. The first-order valence-electron chi connectivity index (χ1n) is 9.06. The van der Waals surface area contributed by atoms with E-state index in [1.165, 1.54) is 0 Å². The van der Waals surface area contributed by atoms with Gasteiger partial charge in [-0.05, 0) is 37.5 Å². The Morgan fingerprint density at radius 2 is 2.04 bits per heavy atom. The van der Waals surface area contributed by atoms with Crippen LogP contribution in [0.4, 0.5) is 5.69 Å². The van der Waals surface area contributed by atoms with E-state index >= 15 is 0 Å². The van der Waals surface area contributed by atoms with Crippen LogP contribution in [0.1, 0.15) is 36.0 Å². The van der Waals surface area contributed by atoms with Gasteiger partial charge in [-0.25, -0.2) is 0 Å². The van der Waals surface area contributed by atoms with Crippen LogP contribution in [0.15, 0.2) is 24.3 Å². The molecule has 3 fully saturated rings. The second-order valence-corrected chi connectivity index (χ2v) is 7.46. The molecule has 2 amide bonds. The SMILES string of the molecule is CN(C)c1cccc(C(=O)N2[C@H](C(=O)NC3CC3)C[C@@H]3OCC[C@@H]32)c1. The molecule has 2 heterocycles. The van der Waals surface area contributed by atoms with Crippen LogP contribution < -0.4 is 10.2 Å². The number of nitrogens with zero attached hydrogens (tertiary/aromatic N) is 2. The highest BCUT2D eigenvalue weighted by molar-refractivity contribution is 5.99. The molecule has 0 bridgehead atoms. The Bertz CT molecular complexity index is 686. The Hall–Kier alpha value is -2.08. The van der Waals surface area contributed by atoms with Crippen LogP contribution in [-0.2, 0) is 9.53 Å². The van der Waals surface area contributed by atoms with Crippen molar-refractivity contribution in [3.63, 3.8) is 0 Å². The van der Waals surface area contributed by atoms with Crippen molar-refractivity contribution < 1.29 is 14.3 Å². The van der Waals surface area contributed by atoms with Crippen LogP contribution in [0, 0.1) is 0 Å². The Morgan fingerprint density at radius 1 is 1.24 bits per heavy atom. The summed E-state index contributed by atoms with van der Waals surface area (Å²) in [6.07, 6.45) is 3.47. The molecular formula is C19H25N3O3. The molecule has 4 rings (SSSR count). The van der Waals surface area contributed by atoms with E-state index in [2.05, 4.69) is 5.32 Å². The summed E-state index contributed by atoms with van der Waals surface area (Å²) in [6.45, 7) is 0.661. The summed E-state index contributed by atoms with van der Waals surface area (Å²) in [7, 11) is 3.90. The van der Waals surface area contributed by atoms with Gasteiger partial charge in [-0.1, -0.05) is 6.07 Å². The molecule has 0 unspecified atom stereocenters. The fourth-order valence-corrected chi connectivity index (χ4v) is 3.86. The molecule has 6 heteroatoms. The lowest BCUT2D eigenvalue weighted by atomic mass is 10.1. The van der Waals surface area contributed by atoms with Gasteiger partial charge in [0.2, 0.25) is 5.91 Å². The first kappa shape index (κ1) is 16.4. The second-order valence-electron chi connectivity index (χ2n) is 7.46. The average molecular weight is 343 g/mol.